The average molecular weight is 348 g/mol. The zero-order valence-electron chi connectivity index (χ0n) is 10.6. The quantitative estimate of drug-likeness (QED) is 0.730. The lowest BCUT2D eigenvalue weighted by Gasteiger charge is -2.15. The second-order valence-electron chi connectivity index (χ2n) is 4.60. The molecule has 0 bridgehead atoms. The summed E-state index contributed by atoms with van der Waals surface area (Å²) in [6, 6.07) is 13.6. The number of fused-ring (bicyclic) bond motifs is 1. The van der Waals surface area contributed by atoms with Gasteiger partial charge in [0.2, 0.25) is 0 Å². The Hall–Kier alpha value is -1.42. The molecule has 2 aromatic carbocycles. The van der Waals surface area contributed by atoms with Gasteiger partial charge in [0.05, 0.1) is 11.1 Å². The van der Waals surface area contributed by atoms with Gasteiger partial charge in [-0.3, -0.25) is 4.98 Å². The van der Waals surface area contributed by atoms with E-state index in [1.54, 1.807) is 0 Å². The van der Waals surface area contributed by atoms with Crippen LogP contribution in [0.15, 0.2) is 59.3 Å². The fourth-order valence-corrected chi connectivity index (χ4v) is 2.71. The predicted molar refractivity (Wildman–Crippen MR) is 86.9 cm³/mol. The third-order valence-electron chi connectivity index (χ3n) is 3.34. The van der Waals surface area contributed by atoms with Gasteiger partial charge in [-0.25, -0.2) is 0 Å². The maximum absolute atomic E-state index is 6.39. The molecule has 3 rings (SSSR count). The van der Waals surface area contributed by atoms with Crippen LogP contribution in [0.25, 0.3) is 10.8 Å². The topological polar surface area (TPSA) is 38.9 Å². The monoisotopic (exact) mass is 346 g/mol. The summed E-state index contributed by atoms with van der Waals surface area (Å²) in [6.07, 6.45) is 3.67. The summed E-state index contributed by atoms with van der Waals surface area (Å²) in [4.78, 5) is 4.28. The molecule has 20 heavy (non-hydrogen) atoms. The maximum atomic E-state index is 6.39. The van der Waals surface area contributed by atoms with E-state index in [4.69, 9.17) is 17.3 Å². The van der Waals surface area contributed by atoms with Crippen LogP contribution < -0.4 is 5.73 Å². The molecule has 0 saturated carbocycles. The molecule has 2 N–H and O–H groups in total. The molecule has 0 aliphatic heterocycles. The van der Waals surface area contributed by atoms with Crippen molar-refractivity contribution in [3.8, 4) is 0 Å². The Balaban J connectivity index is 2.12. The van der Waals surface area contributed by atoms with Crippen molar-refractivity contribution in [2.75, 3.05) is 0 Å². The Labute approximate surface area is 130 Å². The molecule has 2 nitrogen and oxygen atoms in total. The fraction of sp³-hybridized carbons (Fsp3) is 0.0625. The van der Waals surface area contributed by atoms with Crippen molar-refractivity contribution in [2.24, 2.45) is 5.73 Å². The molecule has 0 saturated heterocycles. The molecule has 1 atom stereocenters. The Morgan fingerprint density at radius 1 is 1.10 bits per heavy atom. The standard InChI is InChI=1S/C16H12BrClN2/c17-14-6-5-10(7-15(14)18)16(19)13-9-20-8-11-3-1-2-4-12(11)13/h1-9,16H,19H2. The number of benzene rings is 2. The van der Waals surface area contributed by atoms with E-state index in [1.807, 2.05) is 48.8 Å². The van der Waals surface area contributed by atoms with Crippen LogP contribution in [-0.2, 0) is 0 Å². The summed E-state index contributed by atoms with van der Waals surface area (Å²) in [5.41, 5.74) is 8.36. The van der Waals surface area contributed by atoms with Crippen molar-refractivity contribution in [3.05, 3.63) is 75.5 Å². The number of aromatic nitrogens is 1. The second-order valence-corrected chi connectivity index (χ2v) is 5.86. The number of hydrogen-bond acceptors (Lipinski definition) is 2. The van der Waals surface area contributed by atoms with Crippen LogP contribution in [-0.4, -0.2) is 4.98 Å². The lowest BCUT2D eigenvalue weighted by atomic mass is 9.96. The van der Waals surface area contributed by atoms with Gasteiger partial charge in [-0.1, -0.05) is 41.9 Å². The Bertz CT molecular complexity index is 768. The SMILES string of the molecule is NC(c1ccc(Br)c(Cl)c1)c1cncc2ccccc12. The number of nitrogens with two attached hydrogens (primary N) is 1. The van der Waals surface area contributed by atoms with E-state index in [1.165, 1.54) is 0 Å². The number of rotatable bonds is 2. The first-order chi connectivity index (χ1) is 9.66. The number of hydrogen-bond donors (Lipinski definition) is 1. The van der Waals surface area contributed by atoms with Gasteiger partial charge in [0.15, 0.2) is 0 Å². The maximum Gasteiger partial charge on any atom is 0.0573 e. The number of pyridine rings is 1. The van der Waals surface area contributed by atoms with E-state index in [0.717, 1.165) is 26.4 Å². The van der Waals surface area contributed by atoms with Gasteiger partial charge in [0.1, 0.15) is 0 Å². The Morgan fingerprint density at radius 3 is 2.70 bits per heavy atom. The summed E-state index contributed by atoms with van der Waals surface area (Å²) in [5, 5.41) is 2.86. The minimum atomic E-state index is -0.251. The predicted octanol–water partition coefficient (Wildman–Crippen LogP) is 4.70. The van der Waals surface area contributed by atoms with Crippen LogP contribution >= 0.6 is 27.5 Å². The molecule has 1 heterocycles. The highest BCUT2D eigenvalue weighted by Crippen LogP contribution is 2.30. The molecule has 1 unspecified atom stereocenters. The van der Waals surface area contributed by atoms with Crippen molar-refractivity contribution in [3.63, 3.8) is 0 Å². The minimum Gasteiger partial charge on any atom is -0.320 e. The highest BCUT2D eigenvalue weighted by atomic mass is 79.9. The van der Waals surface area contributed by atoms with Gasteiger partial charge in [0, 0.05) is 22.3 Å². The van der Waals surface area contributed by atoms with Crippen LogP contribution in [0.3, 0.4) is 0 Å². The number of nitrogens with zero attached hydrogens (tertiary/aromatic N) is 1. The summed E-state index contributed by atoms with van der Waals surface area (Å²) < 4.78 is 0.867. The molecule has 0 aliphatic carbocycles. The third-order valence-corrected chi connectivity index (χ3v) is 4.57. The lowest BCUT2D eigenvalue weighted by Crippen LogP contribution is -2.12. The fourth-order valence-electron chi connectivity index (χ4n) is 2.27. The molecule has 1 aromatic heterocycles. The summed E-state index contributed by atoms with van der Waals surface area (Å²) >= 11 is 9.53. The van der Waals surface area contributed by atoms with E-state index in [0.29, 0.717) is 5.02 Å². The minimum absolute atomic E-state index is 0.251. The second kappa shape index (κ2) is 5.52. The smallest absolute Gasteiger partial charge is 0.0573 e. The molecule has 0 amide bonds. The van der Waals surface area contributed by atoms with Crippen LogP contribution in [0.5, 0.6) is 0 Å². The first-order valence-corrected chi connectivity index (χ1v) is 7.37. The van der Waals surface area contributed by atoms with Crippen LogP contribution in [0.4, 0.5) is 0 Å². The molecule has 0 radical (unpaired) electrons. The molecule has 4 heteroatoms. The Morgan fingerprint density at radius 2 is 1.90 bits per heavy atom. The molecular weight excluding hydrogens is 336 g/mol. The van der Waals surface area contributed by atoms with Crippen molar-refractivity contribution in [2.45, 2.75) is 6.04 Å². The number of halogens is 2. The van der Waals surface area contributed by atoms with Gasteiger partial charge in [-0.05, 0) is 44.6 Å². The molecule has 0 spiro atoms. The van der Waals surface area contributed by atoms with Crippen LogP contribution in [0.1, 0.15) is 17.2 Å². The van der Waals surface area contributed by atoms with Crippen molar-refractivity contribution < 1.29 is 0 Å². The van der Waals surface area contributed by atoms with Gasteiger partial charge in [0.25, 0.3) is 0 Å². The van der Waals surface area contributed by atoms with E-state index in [2.05, 4.69) is 27.0 Å². The van der Waals surface area contributed by atoms with Crippen molar-refractivity contribution >= 4 is 38.3 Å². The van der Waals surface area contributed by atoms with Gasteiger partial charge in [-0.2, -0.15) is 0 Å². The first kappa shape index (κ1) is 13.6. The summed E-state index contributed by atoms with van der Waals surface area (Å²) in [5.74, 6) is 0. The third kappa shape index (κ3) is 2.44. The normalized spacial score (nSPS) is 12.6. The molecular formula is C16H12BrClN2. The van der Waals surface area contributed by atoms with Crippen LogP contribution in [0, 0.1) is 0 Å². The Kier molecular flexibility index (Phi) is 3.74. The highest BCUT2D eigenvalue weighted by Gasteiger charge is 2.13. The van der Waals surface area contributed by atoms with E-state index in [-0.39, 0.29) is 6.04 Å². The average Bonchev–Trinajstić information content (AvgIpc) is 2.49. The summed E-state index contributed by atoms with van der Waals surface area (Å²) in [6.45, 7) is 0. The van der Waals surface area contributed by atoms with Gasteiger partial charge in [-0.15, -0.1) is 0 Å². The molecule has 3 aromatic rings. The molecule has 100 valence electrons. The van der Waals surface area contributed by atoms with Gasteiger partial charge >= 0.3 is 0 Å². The highest BCUT2D eigenvalue weighted by molar-refractivity contribution is 9.10. The largest absolute Gasteiger partial charge is 0.320 e. The molecule has 0 fully saturated rings. The zero-order valence-corrected chi connectivity index (χ0v) is 12.9. The van der Waals surface area contributed by atoms with Crippen molar-refractivity contribution in [1.29, 1.82) is 0 Å². The zero-order chi connectivity index (χ0) is 14.1. The van der Waals surface area contributed by atoms with E-state index < -0.39 is 0 Å². The lowest BCUT2D eigenvalue weighted by molar-refractivity contribution is 0.873. The van der Waals surface area contributed by atoms with Gasteiger partial charge < -0.3 is 5.73 Å². The van der Waals surface area contributed by atoms with E-state index in [9.17, 15) is 0 Å². The molecule has 0 aliphatic rings. The van der Waals surface area contributed by atoms with Crippen molar-refractivity contribution in [1.82, 2.24) is 4.98 Å². The summed E-state index contributed by atoms with van der Waals surface area (Å²) in [7, 11) is 0. The first-order valence-electron chi connectivity index (χ1n) is 6.20. The van der Waals surface area contributed by atoms with Crippen LogP contribution in [0.2, 0.25) is 5.02 Å². The van der Waals surface area contributed by atoms with E-state index >= 15 is 0 Å².